The predicted octanol–water partition coefficient (Wildman–Crippen LogP) is 3.78. The van der Waals surface area contributed by atoms with Gasteiger partial charge in [0.25, 0.3) is 5.91 Å². The maximum Gasteiger partial charge on any atom is 0.274 e. The molecule has 0 saturated carbocycles. The number of hydrogen-bond acceptors (Lipinski definition) is 5. The summed E-state index contributed by atoms with van der Waals surface area (Å²) in [6.45, 7) is 0.148. The van der Waals surface area contributed by atoms with E-state index < -0.39 is 5.91 Å². The zero-order valence-corrected chi connectivity index (χ0v) is 15.1. The Labute approximate surface area is 165 Å². The molecule has 29 heavy (non-hydrogen) atoms. The summed E-state index contributed by atoms with van der Waals surface area (Å²) in [5.41, 5.74) is 1.90. The number of aromatic hydroxyl groups is 2. The molecule has 2 aromatic heterocycles. The third kappa shape index (κ3) is 3.70. The molecule has 4 rings (SSSR count). The fourth-order valence-corrected chi connectivity index (χ4v) is 2.99. The number of carbonyl (C=O) groups excluding carboxylic acids is 1. The molecule has 4 aromatic rings. The van der Waals surface area contributed by atoms with Crippen LogP contribution in [0.3, 0.4) is 0 Å². The van der Waals surface area contributed by atoms with Crippen LogP contribution in [0.1, 0.15) is 16.1 Å². The molecule has 144 valence electrons. The summed E-state index contributed by atoms with van der Waals surface area (Å²) in [4.78, 5) is 21.3. The molecule has 0 aliphatic rings. The Morgan fingerprint density at radius 1 is 1.00 bits per heavy atom. The molecule has 0 saturated heterocycles. The van der Waals surface area contributed by atoms with Gasteiger partial charge in [-0.2, -0.15) is 0 Å². The van der Waals surface area contributed by atoms with Crippen molar-refractivity contribution in [3.63, 3.8) is 0 Å². The van der Waals surface area contributed by atoms with Crippen molar-refractivity contribution in [2.24, 2.45) is 0 Å². The minimum Gasteiger partial charge on any atom is -0.508 e. The van der Waals surface area contributed by atoms with Crippen molar-refractivity contribution >= 4 is 16.8 Å². The van der Waals surface area contributed by atoms with Crippen LogP contribution in [0.5, 0.6) is 11.5 Å². The number of hydrogen-bond donors (Lipinski definition) is 3. The monoisotopic (exact) mass is 389 g/mol. The zero-order valence-electron chi connectivity index (χ0n) is 15.1. The molecule has 0 bridgehead atoms. The van der Waals surface area contributed by atoms with E-state index in [1.165, 1.54) is 30.5 Å². The van der Waals surface area contributed by atoms with Crippen molar-refractivity contribution in [2.45, 2.75) is 6.54 Å². The van der Waals surface area contributed by atoms with Crippen LogP contribution in [-0.2, 0) is 6.54 Å². The van der Waals surface area contributed by atoms with Gasteiger partial charge in [-0.3, -0.25) is 9.78 Å². The Balaban J connectivity index is 1.73. The smallest absolute Gasteiger partial charge is 0.274 e. The Hall–Kier alpha value is -4.00. The highest BCUT2D eigenvalue weighted by Gasteiger charge is 2.20. The Morgan fingerprint density at radius 2 is 1.72 bits per heavy atom. The van der Waals surface area contributed by atoms with E-state index in [0.29, 0.717) is 22.2 Å². The number of nitrogens with zero attached hydrogens (tertiary/aromatic N) is 2. The van der Waals surface area contributed by atoms with Crippen molar-refractivity contribution in [1.29, 1.82) is 0 Å². The van der Waals surface area contributed by atoms with Crippen LogP contribution < -0.4 is 5.32 Å². The van der Waals surface area contributed by atoms with Gasteiger partial charge in [0.1, 0.15) is 17.1 Å². The molecule has 7 heteroatoms. The van der Waals surface area contributed by atoms with Gasteiger partial charge in [0, 0.05) is 23.7 Å². The first-order valence-electron chi connectivity index (χ1n) is 8.82. The minimum absolute atomic E-state index is 0.104. The first-order valence-corrected chi connectivity index (χ1v) is 8.82. The Kier molecular flexibility index (Phi) is 4.78. The van der Waals surface area contributed by atoms with E-state index in [1.54, 1.807) is 36.4 Å². The number of aromatic nitrogens is 2. The van der Waals surface area contributed by atoms with Gasteiger partial charge in [-0.05, 0) is 54.1 Å². The van der Waals surface area contributed by atoms with Crippen LogP contribution in [0.15, 0.2) is 66.9 Å². The SMILES string of the molecule is O=C(NCc1ccc(F)cc1)c1nc(-c2ccc(O)cc2)c2cccnc2c1O. The third-order valence-corrected chi connectivity index (χ3v) is 4.46. The van der Waals surface area contributed by atoms with Gasteiger partial charge < -0.3 is 15.5 Å². The van der Waals surface area contributed by atoms with Gasteiger partial charge in [0.2, 0.25) is 0 Å². The number of rotatable bonds is 4. The number of benzene rings is 2. The van der Waals surface area contributed by atoms with E-state index in [1.807, 2.05) is 0 Å². The third-order valence-electron chi connectivity index (χ3n) is 4.46. The lowest BCUT2D eigenvalue weighted by molar-refractivity contribution is 0.0943. The van der Waals surface area contributed by atoms with Crippen LogP contribution in [0.25, 0.3) is 22.2 Å². The van der Waals surface area contributed by atoms with E-state index >= 15 is 0 Å². The number of carbonyl (C=O) groups is 1. The van der Waals surface area contributed by atoms with E-state index in [-0.39, 0.29) is 35.1 Å². The fraction of sp³-hybridized carbons (Fsp3) is 0.0455. The molecular formula is C22H16FN3O3. The maximum atomic E-state index is 13.0. The molecule has 0 radical (unpaired) electrons. The quantitative estimate of drug-likeness (QED) is 0.494. The van der Waals surface area contributed by atoms with Gasteiger partial charge in [-0.15, -0.1) is 0 Å². The number of amides is 1. The largest absolute Gasteiger partial charge is 0.508 e. The fourth-order valence-electron chi connectivity index (χ4n) is 2.99. The molecule has 6 nitrogen and oxygen atoms in total. The molecule has 1 amide bonds. The van der Waals surface area contributed by atoms with E-state index in [2.05, 4.69) is 15.3 Å². The average Bonchev–Trinajstić information content (AvgIpc) is 2.74. The van der Waals surface area contributed by atoms with Crippen LogP contribution in [0.2, 0.25) is 0 Å². The number of fused-ring (bicyclic) bond motifs is 1. The van der Waals surface area contributed by atoms with Crippen molar-refractivity contribution in [3.05, 3.63) is 83.9 Å². The molecular weight excluding hydrogens is 373 g/mol. The molecule has 0 unspecified atom stereocenters. The molecule has 2 heterocycles. The molecule has 3 N–H and O–H groups in total. The molecule has 0 aliphatic carbocycles. The second-order valence-corrected chi connectivity index (χ2v) is 6.41. The van der Waals surface area contributed by atoms with Crippen LogP contribution in [0, 0.1) is 5.82 Å². The van der Waals surface area contributed by atoms with E-state index in [4.69, 9.17) is 0 Å². The van der Waals surface area contributed by atoms with Crippen molar-refractivity contribution in [2.75, 3.05) is 0 Å². The minimum atomic E-state index is -0.584. The Morgan fingerprint density at radius 3 is 2.45 bits per heavy atom. The number of nitrogens with one attached hydrogen (secondary N) is 1. The predicted molar refractivity (Wildman–Crippen MR) is 106 cm³/mol. The van der Waals surface area contributed by atoms with Gasteiger partial charge in [0.15, 0.2) is 11.4 Å². The van der Waals surface area contributed by atoms with E-state index in [9.17, 15) is 19.4 Å². The number of phenols is 1. The second kappa shape index (κ2) is 7.55. The molecule has 0 aliphatic heterocycles. The van der Waals surface area contributed by atoms with Gasteiger partial charge in [-0.25, -0.2) is 9.37 Å². The highest BCUT2D eigenvalue weighted by atomic mass is 19.1. The van der Waals surface area contributed by atoms with Crippen molar-refractivity contribution in [3.8, 4) is 22.8 Å². The average molecular weight is 389 g/mol. The normalized spacial score (nSPS) is 10.8. The standard InChI is InChI=1S/C22H16FN3O3/c23-15-7-3-13(4-8-15)12-25-22(29)20-21(28)19-17(2-1-11-24-19)18(26-20)14-5-9-16(27)10-6-14/h1-11,27-28H,12H2,(H,25,29). The van der Waals surface area contributed by atoms with Crippen LogP contribution >= 0.6 is 0 Å². The second-order valence-electron chi connectivity index (χ2n) is 6.41. The molecule has 0 fully saturated rings. The Bertz CT molecular complexity index is 1190. The summed E-state index contributed by atoms with van der Waals surface area (Å²) in [7, 11) is 0. The lowest BCUT2D eigenvalue weighted by Gasteiger charge is -2.12. The van der Waals surface area contributed by atoms with Crippen LogP contribution in [-0.4, -0.2) is 26.1 Å². The summed E-state index contributed by atoms with van der Waals surface area (Å²) >= 11 is 0. The molecule has 0 atom stereocenters. The first-order chi connectivity index (χ1) is 14.0. The number of phenolic OH excluding ortho intramolecular Hbond substituents is 1. The van der Waals surface area contributed by atoms with Gasteiger partial charge in [-0.1, -0.05) is 12.1 Å². The van der Waals surface area contributed by atoms with Gasteiger partial charge >= 0.3 is 0 Å². The first kappa shape index (κ1) is 18.4. The molecule has 0 spiro atoms. The summed E-state index contributed by atoms with van der Waals surface area (Å²) in [6.07, 6.45) is 1.52. The lowest BCUT2D eigenvalue weighted by atomic mass is 10.0. The van der Waals surface area contributed by atoms with Crippen molar-refractivity contribution < 1.29 is 19.4 Å². The van der Waals surface area contributed by atoms with Crippen LogP contribution in [0.4, 0.5) is 4.39 Å². The number of pyridine rings is 2. The molecule has 2 aromatic carbocycles. The highest BCUT2D eigenvalue weighted by molar-refractivity contribution is 6.04. The topological polar surface area (TPSA) is 95.3 Å². The zero-order chi connectivity index (χ0) is 20.4. The number of halogens is 1. The maximum absolute atomic E-state index is 13.0. The van der Waals surface area contributed by atoms with Crippen molar-refractivity contribution in [1.82, 2.24) is 15.3 Å². The summed E-state index contributed by atoms with van der Waals surface area (Å²) in [5.74, 6) is -1.16. The summed E-state index contributed by atoms with van der Waals surface area (Å²) in [5, 5.41) is 23.4. The van der Waals surface area contributed by atoms with E-state index in [0.717, 1.165) is 0 Å². The van der Waals surface area contributed by atoms with Gasteiger partial charge in [0.05, 0.1) is 5.69 Å². The summed E-state index contributed by atoms with van der Waals surface area (Å²) < 4.78 is 13.0. The lowest BCUT2D eigenvalue weighted by Crippen LogP contribution is -2.24. The highest BCUT2D eigenvalue weighted by Crippen LogP contribution is 2.33. The summed E-state index contributed by atoms with van der Waals surface area (Å²) in [6, 6.07) is 15.6.